The second kappa shape index (κ2) is 5.42. The molecule has 7 heteroatoms. The first-order valence-corrected chi connectivity index (χ1v) is 6.13. The molecule has 0 radical (unpaired) electrons. The van der Waals surface area contributed by atoms with Crippen LogP contribution < -0.4 is 5.32 Å². The summed E-state index contributed by atoms with van der Waals surface area (Å²) in [6.07, 6.45) is 0. The molecule has 0 fully saturated rings. The molecule has 1 aromatic rings. The Kier molecular flexibility index (Phi) is 4.41. The molecule has 0 aliphatic rings. The number of carbonyl (C=O) groups is 1. The maximum atomic E-state index is 11.6. The van der Waals surface area contributed by atoms with E-state index < -0.39 is 0 Å². The summed E-state index contributed by atoms with van der Waals surface area (Å²) >= 11 is 1.36. The summed E-state index contributed by atoms with van der Waals surface area (Å²) in [6.45, 7) is 6.34. The molecule has 0 spiro atoms. The molecule has 0 unspecified atom stereocenters. The smallest absolute Gasteiger partial charge is 0.323 e. The first-order valence-electron chi connectivity index (χ1n) is 5.31. The standard InChI is InChI=1S/C10H18N4O2S/c1-10(2,3)7-12-13-8(17-7)11-9(16)14(4)5-6-15/h15H,5-6H2,1-4H3,(H,11,13,16). The molecule has 0 aromatic carbocycles. The Balaban J connectivity index is 2.64. The summed E-state index contributed by atoms with van der Waals surface area (Å²) in [5.41, 5.74) is -0.0718. The Morgan fingerprint density at radius 3 is 2.59 bits per heavy atom. The fourth-order valence-corrected chi connectivity index (χ4v) is 1.81. The Morgan fingerprint density at radius 2 is 2.12 bits per heavy atom. The molecule has 1 rings (SSSR count). The van der Waals surface area contributed by atoms with Crippen LogP contribution in [0, 0.1) is 0 Å². The van der Waals surface area contributed by atoms with Crippen LogP contribution in [0.1, 0.15) is 25.8 Å². The third-order valence-corrected chi connectivity index (χ3v) is 3.33. The van der Waals surface area contributed by atoms with Gasteiger partial charge < -0.3 is 10.0 Å². The number of hydrogen-bond acceptors (Lipinski definition) is 5. The van der Waals surface area contributed by atoms with Crippen molar-refractivity contribution in [3.8, 4) is 0 Å². The molecule has 1 aromatic heterocycles. The SMILES string of the molecule is CN(CCO)C(=O)Nc1nnc(C(C)(C)C)s1. The van der Waals surface area contributed by atoms with Crippen LogP contribution >= 0.6 is 11.3 Å². The Bertz CT molecular complexity index is 386. The van der Waals surface area contributed by atoms with Gasteiger partial charge in [-0.25, -0.2) is 4.79 Å². The number of nitrogens with zero attached hydrogens (tertiary/aromatic N) is 3. The Morgan fingerprint density at radius 1 is 1.47 bits per heavy atom. The summed E-state index contributed by atoms with van der Waals surface area (Å²) in [6, 6.07) is -0.296. The maximum absolute atomic E-state index is 11.6. The van der Waals surface area contributed by atoms with Crippen molar-refractivity contribution in [1.82, 2.24) is 15.1 Å². The number of urea groups is 1. The van der Waals surface area contributed by atoms with E-state index in [1.807, 2.05) is 20.8 Å². The number of anilines is 1. The summed E-state index contributed by atoms with van der Waals surface area (Å²) < 4.78 is 0. The molecular formula is C10H18N4O2S. The van der Waals surface area contributed by atoms with Crippen molar-refractivity contribution < 1.29 is 9.90 Å². The van der Waals surface area contributed by atoms with Crippen molar-refractivity contribution in [1.29, 1.82) is 0 Å². The van der Waals surface area contributed by atoms with Crippen LogP contribution in [-0.4, -0.2) is 46.4 Å². The fourth-order valence-electron chi connectivity index (χ4n) is 1.02. The minimum absolute atomic E-state index is 0.0622. The van der Waals surface area contributed by atoms with E-state index >= 15 is 0 Å². The zero-order valence-electron chi connectivity index (χ0n) is 10.5. The van der Waals surface area contributed by atoms with Crippen LogP contribution in [-0.2, 0) is 5.41 Å². The third-order valence-electron chi connectivity index (χ3n) is 2.06. The van der Waals surface area contributed by atoms with Gasteiger partial charge in [0.2, 0.25) is 5.13 Å². The van der Waals surface area contributed by atoms with Crippen LogP contribution in [0.4, 0.5) is 9.93 Å². The number of hydrogen-bond donors (Lipinski definition) is 2. The van der Waals surface area contributed by atoms with Gasteiger partial charge in [0, 0.05) is 19.0 Å². The lowest BCUT2D eigenvalue weighted by Gasteiger charge is -2.15. The quantitative estimate of drug-likeness (QED) is 0.856. The van der Waals surface area contributed by atoms with Crippen molar-refractivity contribution in [2.75, 3.05) is 25.5 Å². The van der Waals surface area contributed by atoms with Gasteiger partial charge in [0.25, 0.3) is 0 Å². The molecule has 17 heavy (non-hydrogen) atoms. The molecule has 1 heterocycles. The van der Waals surface area contributed by atoms with Gasteiger partial charge in [-0.2, -0.15) is 0 Å². The van der Waals surface area contributed by atoms with Crippen molar-refractivity contribution in [3.63, 3.8) is 0 Å². The molecule has 0 atom stereocenters. The number of likely N-dealkylation sites (N-methyl/N-ethyl adjacent to an activating group) is 1. The van der Waals surface area contributed by atoms with Crippen LogP contribution in [0.2, 0.25) is 0 Å². The number of carbonyl (C=O) groups excluding carboxylic acids is 1. The van der Waals surface area contributed by atoms with Gasteiger partial charge in [0.15, 0.2) is 0 Å². The van der Waals surface area contributed by atoms with Gasteiger partial charge in [-0.05, 0) is 0 Å². The number of aromatic nitrogens is 2. The molecule has 6 nitrogen and oxygen atoms in total. The molecule has 0 saturated heterocycles. The highest BCUT2D eigenvalue weighted by Gasteiger charge is 2.20. The van der Waals surface area contributed by atoms with Crippen molar-refractivity contribution in [3.05, 3.63) is 5.01 Å². The lowest BCUT2D eigenvalue weighted by atomic mass is 9.98. The van der Waals surface area contributed by atoms with Gasteiger partial charge in [0.05, 0.1) is 6.61 Å². The number of amides is 2. The average molecular weight is 258 g/mol. The Hall–Kier alpha value is -1.21. The van der Waals surface area contributed by atoms with Gasteiger partial charge in [0.1, 0.15) is 5.01 Å². The largest absolute Gasteiger partial charge is 0.395 e. The molecule has 0 bridgehead atoms. The van der Waals surface area contributed by atoms with Crippen LogP contribution in [0.15, 0.2) is 0 Å². The van der Waals surface area contributed by atoms with Crippen molar-refractivity contribution >= 4 is 22.5 Å². The van der Waals surface area contributed by atoms with Gasteiger partial charge in [-0.3, -0.25) is 5.32 Å². The highest BCUT2D eigenvalue weighted by molar-refractivity contribution is 7.15. The van der Waals surface area contributed by atoms with E-state index in [2.05, 4.69) is 15.5 Å². The highest BCUT2D eigenvalue weighted by Crippen LogP contribution is 2.27. The predicted molar refractivity (Wildman–Crippen MR) is 67.3 cm³/mol. The average Bonchev–Trinajstić information content (AvgIpc) is 2.66. The van der Waals surface area contributed by atoms with E-state index in [0.717, 1.165) is 5.01 Å². The van der Waals surface area contributed by atoms with E-state index in [1.54, 1.807) is 7.05 Å². The normalized spacial score (nSPS) is 11.4. The first kappa shape index (κ1) is 13.9. The van der Waals surface area contributed by atoms with E-state index in [0.29, 0.717) is 5.13 Å². The van der Waals surface area contributed by atoms with E-state index in [1.165, 1.54) is 16.2 Å². The second-order valence-electron chi connectivity index (χ2n) is 4.74. The minimum atomic E-state index is -0.296. The molecule has 2 N–H and O–H groups in total. The number of nitrogens with one attached hydrogen (secondary N) is 1. The molecular weight excluding hydrogens is 240 g/mol. The molecule has 96 valence electrons. The third kappa shape index (κ3) is 3.94. The lowest BCUT2D eigenvalue weighted by Crippen LogP contribution is -2.33. The first-order chi connectivity index (χ1) is 7.84. The monoisotopic (exact) mass is 258 g/mol. The van der Waals surface area contributed by atoms with Gasteiger partial charge >= 0.3 is 6.03 Å². The summed E-state index contributed by atoms with van der Waals surface area (Å²) in [5.74, 6) is 0. The molecule has 0 aliphatic carbocycles. The zero-order chi connectivity index (χ0) is 13.1. The van der Waals surface area contributed by atoms with E-state index in [4.69, 9.17) is 5.11 Å². The van der Waals surface area contributed by atoms with Crippen molar-refractivity contribution in [2.45, 2.75) is 26.2 Å². The molecule has 2 amide bonds. The summed E-state index contributed by atoms with van der Waals surface area (Å²) in [5, 5.41) is 20.6. The minimum Gasteiger partial charge on any atom is -0.395 e. The van der Waals surface area contributed by atoms with Gasteiger partial charge in [-0.15, -0.1) is 10.2 Å². The van der Waals surface area contributed by atoms with E-state index in [-0.39, 0.29) is 24.6 Å². The zero-order valence-corrected chi connectivity index (χ0v) is 11.3. The number of rotatable bonds is 3. The number of aliphatic hydroxyl groups is 1. The van der Waals surface area contributed by atoms with Crippen LogP contribution in [0.3, 0.4) is 0 Å². The van der Waals surface area contributed by atoms with Crippen LogP contribution in [0.5, 0.6) is 0 Å². The van der Waals surface area contributed by atoms with E-state index in [9.17, 15) is 4.79 Å². The maximum Gasteiger partial charge on any atom is 0.323 e. The number of aliphatic hydroxyl groups excluding tert-OH is 1. The second-order valence-corrected chi connectivity index (χ2v) is 5.72. The Labute approximate surface area is 105 Å². The summed E-state index contributed by atoms with van der Waals surface area (Å²) in [4.78, 5) is 13.0. The molecule has 0 saturated carbocycles. The fraction of sp³-hybridized carbons (Fsp3) is 0.700. The topological polar surface area (TPSA) is 78.4 Å². The van der Waals surface area contributed by atoms with Gasteiger partial charge in [-0.1, -0.05) is 32.1 Å². The molecule has 0 aliphatic heterocycles. The van der Waals surface area contributed by atoms with Crippen molar-refractivity contribution in [2.24, 2.45) is 0 Å². The summed E-state index contributed by atoms with van der Waals surface area (Å²) in [7, 11) is 1.61. The lowest BCUT2D eigenvalue weighted by molar-refractivity contribution is 0.202. The van der Waals surface area contributed by atoms with Crippen LogP contribution in [0.25, 0.3) is 0 Å². The predicted octanol–water partition coefficient (Wildman–Crippen LogP) is 1.29. The highest BCUT2D eigenvalue weighted by atomic mass is 32.1.